The fraction of sp³-hybridized carbons (Fsp3) is 0.211. The second-order valence-electron chi connectivity index (χ2n) is 6.46. The number of rotatable bonds is 5. The summed E-state index contributed by atoms with van der Waals surface area (Å²) in [6, 6.07) is 16.2. The molecule has 0 fully saturated rings. The maximum Gasteiger partial charge on any atom is 0.270 e. The standard InChI is InChI=1S/C19H18N4O3S2/c24-17(14-8-2-1-3-9-14)20-18-21-22-19(27-18)28(25,26)23-16-12-6-10-13-7-4-5-11-15(13)16/h1-5,7-9,11,16,23H,6,10,12H2,(H,20,21,24)/t16-/m1/s1. The first kappa shape index (κ1) is 18.7. The lowest BCUT2D eigenvalue weighted by molar-refractivity contribution is 0.102. The van der Waals surface area contributed by atoms with Gasteiger partial charge in [0.15, 0.2) is 0 Å². The molecule has 1 atom stereocenters. The number of aryl methyl sites for hydroxylation is 1. The molecule has 144 valence electrons. The van der Waals surface area contributed by atoms with Crippen molar-refractivity contribution in [2.24, 2.45) is 0 Å². The van der Waals surface area contributed by atoms with E-state index in [1.54, 1.807) is 24.3 Å². The lowest BCUT2D eigenvalue weighted by Crippen LogP contribution is -2.31. The van der Waals surface area contributed by atoms with Gasteiger partial charge in [-0.2, -0.15) is 0 Å². The first-order valence-corrected chi connectivity index (χ1v) is 11.1. The van der Waals surface area contributed by atoms with E-state index in [9.17, 15) is 13.2 Å². The quantitative estimate of drug-likeness (QED) is 0.625. The molecule has 0 spiro atoms. The van der Waals surface area contributed by atoms with Gasteiger partial charge in [0.2, 0.25) is 9.47 Å². The Morgan fingerprint density at radius 1 is 1.04 bits per heavy atom. The molecule has 3 aromatic rings. The molecule has 9 heteroatoms. The number of hydrogen-bond acceptors (Lipinski definition) is 6. The Kier molecular flexibility index (Phi) is 5.21. The molecule has 0 saturated carbocycles. The molecule has 1 aliphatic carbocycles. The third-order valence-electron chi connectivity index (χ3n) is 4.56. The Balaban J connectivity index is 1.50. The summed E-state index contributed by atoms with van der Waals surface area (Å²) in [5, 5.41) is 10.3. The summed E-state index contributed by atoms with van der Waals surface area (Å²) in [5.74, 6) is -0.366. The number of nitrogens with one attached hydrogen (secondary N) is 2. The zero-order valence-corrected chi connectivity index (χ0v) is 16.5. The van der Waals surface area contributed by atoms with E-state index in [2.05, 4.69) is 20.2 Å². The van der Waals surface area contributed by atoms with Crippen molar-refractivity contribution in [3.05, 3.63) is 71.3 Å². The number of carbonyl (C=O) groups excluding carboxylic acids is 1. The van der Waals surface area contributed by atoms with Gasteiger partial charge in [-0.25, -0.2) is 13.1 Å². The normalized spacial score (nSPS) is 16.4. The molecule has 2 aromatic carbocycles. The summed E-state index contributed by atoms with van der Waals surface area (Å²) >= 11 is 0.828. The van der Waals surface area contributed by atoms with Crippen LogP contribution >= 0.6 is 11.3 Å². The van der Waals surface area contributed by atoms with Gasteiger partial charge in [0, 0.05) is 11.6 Å². The molecule has 0 unspecified atom stereocenters. The molecule has 0 saturated heterocycles. The highest BCUT2D eigenvalue weighted by atomic mass is 32.2. The molecule has 1 aliphatic rings. The first-order chi connectivity index (χ1) is 13.5. The van der Waals surface area contributed by atoms with E-state index in [4.69, 9.17) is 0 Å². The summed E-state index contributed by atoms with van der Waals surface area (Å²) in [6.07, 6.45) is 2.59. The highest BCUT2D eigenvalue weighted by Crippen LogP contribution is 2.31. The molecule has 0 bridgehead atoms. The molecule has 1 amide bonds. The van der Waals surface area contributed by atoms with Crippen LogP contribution in [0.4, 0.5) is 5.13 Å². The van der Waals surface area contributed by atoms with Gasteiger partial charge < -0.3 is 0 Å². The summed E-state index contributed by atoms with van der Waals surface area (Å²) in [4.78, 5) is 12.2. The zero-order chi connectivity index (χ0) is 19.6. The lowest BCUT2D eigenvalue weighted by Gasteiger charge is -2.25. The van der Waals surface area contributed by atoms with Crippen molar-refractivity contribution in [1.82, 2.24) is 14.9 Å². The smallest absolute Gasteiger partial charge is 0.270 e. The van der Waals surface area contributed by atoms with Gasteiger partial charge in [0.25, 0.3) is 15.9 Å². The van der Waals surface area contributed by atoms with Gasteiger partial charge in [0.1, 0.15) is 0 Å². The SMILES string of the molecule is O=C(Nc1nnc(S(=O)(=O)N[C@@H]2CCCc3ccccc32)s1)c1ccccc1. The number of fused-ring (bicyclic) bond motifs is 1. The van der Waals surface area contributed by atoms with Crippen LogP contribution in [-0.2, 0) is 16.4 Å². The highest BCUT2D eigenvalue weighted by molar-refractivity contribution is 7.91. The van der Waals surface area contributed by atoms with Crippen LogP contribution in [0.1, 0.15) is 40.4 Å². The number of aromatic nitrogens is 2. The van der Waals surface area contributed by atoms with Crippen molar-refractivity contribution in [2.45, 2.75) is 29.6 Å². The minimum absolute atomic E-state index is 0.137. The molecule has 1 aromatic heterocycles. The maximum atomic E-state index is 12.8. The van der Waals surface area contributed by atoms with Crippen LogP contribution in [0.3, 0.4) is 0 Å². The van der Waals surface area contributed by atoms with E-state index in [0.29, 0.717) is 5.56 Å². The molecule has 0 aliphatic heterocycles. The Morgan fingerprint density at radius 3 is 2.61 bits per heavy atom. The second kappa shape index (κ2) is 7.78. The largest absolute Gasteiger partial charge is 0.296 e. The molecule has 1 heterocycles. The number of nitrogens with zero attached hydrogens (tertiary/aromatic N) is 2. The van der Waals surface area contributed by atoms with Crippen molar-refractivity contribution < 1.29 is 13.2 Å². The van der Waals surface area contributed by atoms with Crippen molar-refractivity contribution >= 4 is 32.4 Å². The van der Waals surface area contributed by atoms with Gasteiger partial charge in [0.05, 0.1) is 0 Å². The van der Waals surface area contributed by atoms with Crippen LogP contribution in [0.15, 0.2) is 58.9 Å². The summed E-state index contributed by atoms with van der Waals surface area (Å²) < 4.78 is 28.1. The summed E-state index contributed by atoms with van der Waals surface area (Å²) in [6.45, 7) is 0. The molecule has 2 N–H and O–H groups in total. The van der Waals surface area contributed by atoms with E-state index < -0.39 is 10.0 Å². The van der Waals surface area contributed by atoms with E-state index in [-0.39, 0.29) is 21.4 Å². The number of anilines is 1. The van der Waals surface area contributed by atoms with Crippen LogP contribution in [0.25, 0.3) is 0 Å². The average Bonchev–Trinajstić information content (AvgIpc) is 3.18. The molecule has 0 radical (unpaired) electrons. The third kappa shape index (κ3) is 3.96. The highest BCUT2D eigenvalue weighted by Gasteiger charge is 2.28. The predicted molar refractivity (Wildman–Crippen MR) is 107 cm³/mol. The molecule has 7 nitrogen and oxygen atoms in total. The Morgan fingerprint density at radius 2 is 1.79 bits per heavy atom. The summed E-state index contributed by atoms with van der Waals surface area (Å²) in [7, 11) is -3.84. The summed E-state index contributed by atoms with van der Waals surface area (Å²) in [5.41, 5.74) is 2.62. The van der Waals surface area contributed by atoms with Crippen LogP contribution in [0.5, 0.6) is 0 Å². The average molecular weight is 415 g/mol. The van der Waals surface area contributed by atoms with Crippen molar-refractivity contribution in [3.8, 4) is 0 Å². The van der Waals surface area contributed by atoms with Crippen LogP contribution in [-0.4, -0.2) is 24.5 Å². The van der Waals surface area contributed by atoms with E-state index in [0.717, 1.165) is 41.7 Å². The molecule has 28 heavy (non-hydrogen) atoms. The van der Waals surface area contributed by atoms with Crippen molar-refractivity contribution in [2.75, 3.05) is 5.32 Å². The number of hydrogen-bond donors (Lipinski definition) is 2. The minimum Gasteiger partial charge on any atom is -0.296 e. The number of carbonyl (C=O) groups is 1. The van der Waals surface area contributed by atoms with Crippen LogP contribution in [0.2, 0.25) is 0 Å². The van der Waals surface area contributed by atoms with Gasteiger partial charge in [-0.15, -0.1) is 10.2 Å². The Hall–Kier alpha value is -2.62. The molecular weight excluding hydrogens is 396 g/mol. The van der Waals surface area contributed by atoms with Gasteiger partial charge in [-0.3, -0.25) is 10.1 Å². The maximum absolute atomic E-state index is 12.8. The topological polar surface area (TPSA) is 101 Å². The second-order valence-corrected chi connectivity index (χ2v) is 9.32. The fourth-order valence-corrected chi connectivity index (χ4v) is 5.40. The van der Waals surface area contributed by atoms with Gasteiger partial charge in [-0.05, 0) is 42.5 Å². The molecular formula is C19H18N4O3S2. The van der Waals surface area contributed by atoms with Crippen LogP contribution < -0.4 is 10.0 Å². The van der Waals surface area contributed by atoms with E-state index in [1.807, 2.05) is 30.3 Å². The third-order valence-corrected chi connectivity index (χ3v) is 7.24. The van der Waals surface area contributed by atoms with Gasteiger partial charge >= 0.3 is 0 Å². The van der Waals surface area contributed by atoms with E-state index >= 15 is 0 Å². The van der Waals surface area contributed by atoms with Crippen molar-refractivity contribution in [3.63, 3.8) is 0 Å². The number of sulfonamides is 1. The Labute approximate surface area is 166 Å². The predicted octanol–water partition coefficient (Wildman–Crippen LogP) is 3.15. The first-order valence-electron chi connectivity index (χ1n) is 8.83. The fourth-order valence-electron chi connectivity index (χ4n) is 3.24. The van der Waals surface area contributed by atoms with Crippen molar-refractivity contribution in [1.29, 1.82) is 0 Å². The number of amides is 1. The lowest BCUT2D eigenvalue weighted by atomic mass is 9.88. The van der Waals surface area contributed by atoms with Crippen LogP contribution in [0, 0.1) is 0 Å². The molecule has 4 rings (SSSR count). The monoisotopic (exact) mass is 414 g/mol. The van der Waals surface area contributed by atoms with E-state index in [1.165, 1.54) is 0 Å². The Bertz CT molecular complexity index is 1100. The zero-order valence-electron chi connectivity index (χ0n) is 14.8. The number of benzene rings is 2. The minimum atomic E-state index is -3.84. The van der Waals surface area contributed by atoms with Gasteiger partial charge in [-0.1, -0.05) is 53.8 Å².